The normalized spacial score (nSPS) is 14.7. The van der Waals surface area contributed by atoms with Crippen LogP contribution in [-0.2, 0) is 0 Å². The SMILES string of the molecule is CCCCCCC(O)CC(CO)CCCCCC. The Hall–Kier alpha value is -0.0800. The van der Waals surface area contributed by atoms with Gasteiger partial charge in [-0.3, -0.25) is 0 Å². The fraction of sp³-hybridized carbons (Fsp3) is 1.00. The van der Waals surface area contributed by atoms with Crippen molar-refractivity contribution < 1.29 is 10.2 Å². The first kappa shape index (κ1) is 17.9. The number of unbranched alkanes of at least 4 members (excludes halogenated alkanes) is 6. The maximum absolute atomic E-state index is 9.94. The molecule has 0 bridgehead atoms. The molecular formula is C16H34O2. The summed E-state index contributed by atoms with van der Waals surface area (Å²) in [6.45, 7) is 4.65. The van der Waals surface area contributed by atoms with Crippen molar-refractivity contribution in [2.75, 3.05) is 6.61 Å². The fourth-order valence-corrected chi connectivity index (χ4v) is 2.45. The van der Waals surface area contributed by atoms with Crippen LogP contribution in [0.3, 0.4) is 0 Å². The summed E-state index contributed by atoms with van der Waals surface area (Å²) in [6, 6.07) is 0. The van der Waals surface area contributed by atoms with Crippen LogP contribution in [0, 0.1) is 5.92 Å². The van der Waals surface area contributed by atoms with Crippen molar-refractivity contribution in [1.82, 2.24) is 0 Å². The van der Waals surface area contributed by atoms with Crippen LogP contribution in [0.4, 0.5) is 0 Å². The molecule has 18 heavy (non-hydrogen) atoms. The first-order valence-corrected chi connectivity index (χ1v) is 8.03. The van der Waals surface area contributed by atoms with E-state index in [2.05, 4.69) is 13.8 Å². The van der Waals surface area contributed by atoms with Gasteiger partial charge in [-0.1, -0.05) is 65.2 Å². The summed E-state index contributed by atoms with van der Waals surface area (Å²) in [5, 5.41) is 19.3. The predicted molar refractivity (Wildman–Crippen MR) is 78.7 cm³/mol. The lowest BCUT2D eigenvalue weighted by Gasteiger charge is -2.18. The van der Waals surface area contributed by atoms with Gasteiger partial charge in [-0.25, -0.2) is 0 Å². The van der Waals surface area contributed by atoms with Crippen LogP contribution in [0.1, 0.15) is 84.5 Å². The fourth-order valence-electron chi connectivity index (χ4n) is 2.45. The van der Waals surface area contributed by atoms with Crippen LogP contribution < -0.4 is 0 Å². The minimum absolute atomic E-state index is 0.204. The molecule has 0 aromatic heterocycles. The van der Waals surface area contributed by atoms with Crippen LogP contribution in [0.25, 0.3) is 0 Å². The van der Waals surface area contributed by atoms with E-state index in [1.807, 2.05) is 0 Å². The summed E-state index contributed by atoms with van der Waals surface area (Å²) in [4.78, 5) is 0. The minimum Gasteiger partial charge on any atom is -0.396 e. The van der Waals surface area contributed by atoms with E-state index in [0.717, 1.165) is 25.7 Å². The second-order valence-electron chi connectivity index (χ2n) is 5.64. The first-order valence-electron chi connectivity index (χ1n) is 8.03. The molecule has 0 rings (SSSR count). The van der Waals surface area contributed by atoms with Crippen molar-refractivity contribution >= 4 is 0 Å². The van der Waals surface area contributed by atoms with Gasteiger partial charge >= 0.3 is 0 Å². The number of rotatable bonds is 13. The molecule has 0 spiro atoms. The van der Waals surface area contributed by atoms with Gasteiger partial charge in [-0.2, -0.15) is 0 Å². The Labute approximate surface area is 114 Å². The van der Waals surface area contributed by atoms with Crippen LogP contribution in [0.2, 0.25) is 0 Å². The van der Waals surface area contributed by atoms with Gasteiger partial charge in [-0.05, 0) is 25.2 Å². The summed E-state index contributed by atoms with van der Waals surface area (Å²) in [5.74, 6) is 0.308. The molecule has 0 aromatic rings. The van der Waals surface area contributed by atoms with Gasteiger partial charge in [0.05, 0.1) is 6.10 Å². The maximum Gasteiger partial charge on any atom is 0.0543 e. The molecule has 0 fully saturated rings. The summed E-state index contributed by atoms with van der Waals surface area (Å²) in [5.41, 5.74) is 0. The average molecular weight is 258 g/mol. The topological polar surface area (TPSA) is 40.5 Å². The highest BCUT2D eigenvalue weighted by Gasteiger charge is 2.13. The van der Waals surface area contributed by atoms with E-state index in [0.29, 0.717) is 5.92 Å². The molecule has 2 atom stereocenters. The second kappa shape index (κ2) is 13.4. The van der Waals surface area contributed by atoms with Gasteiger partial charge < -0.3 is 10.2 Å². The highest BCUT2D eigenvalue weighted by molar-refractivity contribution is 4.65. The highest BCUT2D eigenvalue weighted by atomic mass is 16.3. The predicted octanol–water partition coefficient (Wildman–Crippen LogP) is 4.29. The first-order chi connectivity index (χ1) is 8.74. The Kier molecular flexibility index (Phi) is 13.3. The van der Waals surface area contributed by atoms with Crippen LogP contribution >= 0.6 is 0 Å². The molecule has 0 aromatic carbocycles. The molecule has 0 aliphatic rings. The standard InChI is InChI=1S/C16H34O2/c1-3-5-7-9-11-15(14-17)13-16(18)12-10-8-6-4-2/h15-18H,3-14H2,1-2H3. The molecule has 2 unspecified atom stereocenters. The van der Waals surface area contributed by atoms with Gasteiger partial charge in [0.2, 0.25) is 0 Å². The highest BCUT2D eigenvalue weighted by Crippen LogP contribution is 2.18. The Bertz CT molecular complexity index is 159. The monoisotopic (exact) mass is 258 g/mol. The zero-order valence-corrected chi connectivity index (χ0v) is 12.5. The molecule has 0 aliphatic carbocycles. The average Bonchev–Trinajstić information content (AvgIpc) is 2.38. The van der Waals surface area contributed by atoms with Crippen molar-refractivity contribution in [3.05, 3.63) is 0 Å². The summed E-state index contributed by atoms with van der Waals surface area (Å²) in [6.07, 6.45) is 12.4. The summed E-state index contributed by atoms with van der Waals surface area (Å²) < 4.78 is 0. The molecule has 0 radical (unpaired) electrons. The molecular weight excluding hydrogens is 224 g/mol. The van der Waals surface area contributed by atoms with Crippen LogP contribution in [-0.4, -0.2) is 22.9 Å². The zero-order chi connectivity index (χ0) is 13.6. The number of aliphatic hydroxyl groups is 2. The van der Waals surface area contributed by atoms with E-state index in [9.17, 15) is 10.2 Å². The van der Waals surface area contributed by atoms with Crippen molar-refractivity contribution in [2.45, 2.75) is 90.6 Å². The number of hydrogen-bond acceptors (Lipinski definition) is 2. The molecule has 2 heteroatoms. The Morgan fingerprint density at radius 2 is 1.33 bits per heavy atom. The smallest absolute Gasteiger partial charge is 0.0543 e. The number of hydrogen-bond donors (Lipinski definition) is 2. The van der Waals surface area contributed by atoms with Gasteiger partial charge in [0.1, 0.15) is 0 Å². The third-order valence-corrected chi connectivity index (χ3v) is 3.72. The Morgan fingerprint density at radius 1 is 0.778 bits per heavy atom. The molecule has 2 N–H and O–H groups in total. The largest absolute Gasteiger partial charge is 0.396 e. The third kappa shape index (κ3) is 11.0. The van der Waals surface area contributed by atoms with Crippen molar-refractivity contribution in [2.24, 2.45) is 5.92 Å². The molecule has 0 heterocycles. The molecule has 0 saturated heterocycles. The lowest BCUT2D eigenvalue weighted by Crippen LogP contribution is -2.16. The Morgan fingerprint density at radius 3 is 1.83 bits per heavy atom. The van der Waals surface area contributed by atoms with E-state index in [1.165, 1.54) is 44.9 Å². The van der Waals surface area contributed by atoms with E-state index in [4.69, 9.17) is 0 Å². The quantitative estimate of drug-likeness (QED) is 0.484. The molecule has 0 aliphatic heterocycles. The molecule has 2 nitrogen and oxygen atoms in total. The zero-order valence-electron chi connectivity index (χ0n) is 12.5. The van der Waals surface area contributed by atoms with E-state index in [-0.39, 0.29) is 12.7 Å². The Balaban J connectivity index is 3.55. The lowest BCUT2D eigenvalue weighted by atomic mass is 9.93. The van der Waals surface area contributed by atoms with Gasteiger partial charge in [-0.15, -0.1) is 0 Å². The maximum atomic E-state index is 9.94. The van der Waals surface area contributed by atoms with Crippen LogP contribution in [0.5, 0.6) is 0 Å². The molecule has 0 amide bonds. The number of aliphatic hydroxyl groups excluding tert-OH is 2. The van der Waals surface area contributed by atoms with Gasteiger partial charge in [0.15, 0.2) is 0 Å². The molecule has 0 saturated carbocycles. The van der Waals surface area contributed by atoms with Gasteiger partial charge in [0, 0.05) is 6.61 Å². The second-order valence-corrected chi connectivity index (χ2v) is 5.64. The van der Waals surface area contributed by atoms with E-state index in [1.54, 1.807) is 0 Å². The lowest BCUT2D eigenvalue weighted by molar-refractivity contribution is 0.102. The van der Waals surface area contributed by atoms with Crippen molar-refractivity contribution in [3.8, 4) is 0 Å². The third-order valence-electron chi connectivity index (χ3n) is 3.72. The molecule has 110 valence electrons. The van der Waals surface area contributed by atoms with Crippen LogP contribution in [0.15, 0.2) is 0 Å². The van der Waals surface area contributed by atoms with E-state index < -0.39 is 0 Å². The minimum atomic E-state index is -0.204. The van der Waals surface area contributed by atoms with E-state index >= 15 is 0 Å². The summed E-state index contributed by atoms with van der Waals surface area (Å²) in [7, 11) is 0. The van der Waals surface area contributed by atoms with Crippen molar-refractivity contribution in [1.29, 1.82) is 0 Å². The van der Waals surface area contributed by atoms with Crippen molar-refractivity contribution in [3.63, 3.8) is 0 Å². The summed E-state index contributed by atoms with van der Waals surface area (Å²) >= 11 is 0. The van der Waals surface area contributed by atoms with Gasteiger partial charge in [0.25, 0.3) is 0 Å².